The number of hydrogen-bond donors (Lipinski definition) is 4. The van der Waals surface area contributed by atoms with Gasteiger partial charge >= 0.3 is 11.9 Å². The lowest BCUT2D eigenvalue weighted by molar-refractivity contribution is -0.145. The maximum Gasteiger partial charge on any atom is 0.328 e. The lowest BCUT2D eigenvalue weighted by atomic mass is 9.99. The summed E-state index contributed by atoms with van der Waals surface area (Å²) in [6.45, 7) is 1.62. The van der Waals surface area contributed by atoms with Crippen molar-refractivity contribution in [2.24, 2.45) is 5.73 Å². The summed E-state index contributed by atoms with van der Waals surface area (Å²) in [5.74, 6) is -2.45. The lowest BCUT2D eigenvalue weighted by Gasteiger charge is -2.18. The van der Waals surface area contributed by atoms with Crippen LogP contribution in [0.15, 0.2) is 24.3 Å². The number of carboxylic acid groups (broad SMARTS) is 1. The van der Waals surface area contributed by atoms with E-state index in [9.17, 15) is 24.3 Å². The van der Waals surface area contributed by atoms with Crippen molar-refractivity contribution in [3.8, 4) is 0 Å². The highest BCUT2D eigenvalue weighted by Crippen LogP contribution is 2.11. The Morgan fingerprint density at radius 3 is 2.21 bits per heavy atom. The van der Waals surface area contributed by atoms with Crippen LogP contribution in [0.5, 0.6) is 0 Å². The van der Waals surface area contributed by atoms with Crippen LogP contribution >= 0.6 is 0 Å². The third-order valence-corrected chi connectivity index (χ3v) is 3.98. The summed E-state index contributed by atoms with van der Waals surface area (Å²) in [6, 6.07) is 5.03. The molecule has 0 aliphatic rings. The molecule has 0 heterocycles. The Labute approximate surface area is 163 Å². The number of ether oxygens (including phenoxy) is 1. The molecule has 0 unspecified atom stereocenters. The van der Waals surface area contributed by atoms with Crippen molar-refractivity contribution in [2.75, 3.05) is 13.7 Å². The van der Waals surface area contributed by atoms with Crippen LogP contribution in [0, 0.1) is 0 Å². The standard InChI is InChI=1S/C19H27N3O6/c1-12(23)21-15(18(25)26)10-13-5-3-6-14(9-13)11-16(19(27)28-2)22-17(24)7-4-8-20/h3,5-6,9,15-16H,4,7-8,10-11,20H2,1-2H3,(H,21,23)(H,22,24)(H,25,26)/t15-,16-/m0/s1. The fourth-order valence-corrected chi connectivity index (χ4v) is 2.67. The van der Waals surface area contributed by atoms with Gasteiger partial charge in [0.15, 0.2) is 0 Å². The van der Waals surface area contributed by atoms with E-state index >= 15 is 0 Å². The molecule has 0 fully saturated rings. The van der Waals surface area contributed by atoms with Crippen molar-refractivity contribution >= 4 is 23.8 Å². The van der Waals surface area contributed by atoms with Crippen molar-refractivity contribution in [3.05, 3.63) is 35.4 Å². The van der Waals surface area contributed by atoms with E-state index in [1.807, 2.05) is 0 Å². The highest BCUT2D eigenvalue weighted by Gasteiger charge is 2.23. The second kappa shape index (κ2) is 11.7. The van der Waals surface area contributed by atoms with Gasteiger partial charge in [-0.15, -0.1) is 0 Å². The summed E-state index contributed by atoms with van der Waals surface area (Å²) < 4.78 is 4.76. The number of esters is 1. The van der Waals surface area contributed by atoms with E-state index in [4.69, 9.17) is 10.5 Å². The molecular weight excluding hydrogens is 366 g/mol. The predicted molar refractivity (Wildman–Crippen MR) is 101 cm³/mol. The minimum atomic E-state index is -1.14. The molecule has 0 aromatic heterocycles. The zero-order valence-electron chi connectivity index (χ0n) is 16.1. The maximum atomic E-state index is 12.0. The first kappa shape index (κ1) is 23.1. The van der Waals surface area contributed by atoms with Crippen molar-refractivity contribution in [1.82, 2.24) is 10.6 Å². The van der Waals surface area contributed by atoms with Gasteiger partial charge in [-0.25, -0.2) is 9.59 Å². The SMILES string of the molecule is COC(=O)[C@H](Cc1cccc(C[C@H](NC(C)=O)C(=O)O)c1)NC(=O)CCCN. The summed E-state index contributed by atoms with van der Waals surface area (Å²) in [7, 11) is 1.24. The molecule has 154 valence electrons. The van der Waals surface area contributed by atoms with Crippen LogP contribution in [0.1, 0.15) is 30.9 Å². The van der Waals surface area contributed by atoms with Crippen molar-refractivity contribution < 1.29 is 29.0 Å². The molecule has 5 N–H and O–H groups in total. The van der Waals surface area contributed by atoms with Gasteiger partial charge in [0.05, 0.1) is 7.11 Å². The van der Waals surface area contributed by atoms with Crippen LogP contribution < -0.4 is 16.4 Å². The summed E-state index contributed by atoms with van der Waals surface area (Å²) in [5.41, 5.74) is 6.78. The molecule has 0 spiro atoms. The molecule has 0 bridgehead atoms. The second-order valence-corrected chi connectivity index (χ2v) is 6.36. The number of nitrogens with two attached hydrogens (primary N) is 1. The van der Waals surface area contributed by atoms with E-state index < -0.39 is 29.9 Å². The zero-order chi connectivity index (χ0) is 21.1. The molecule has 28 heavy (non-hydrogen) atoms. The summed E-state index contributed by atoms with van der Waals surface area (Å²) in [6.07, 6.45) is 0.997. The third-order valence-electron chi connectivity index (χ3n) is 3.98. The molecule has 1 aromatic carbocycles. The smallest absolute Gasteiger partial charge is 0.328 e. The van der Waals surface area contributed by atoms with Gasteiger partial charge in [0, 0.05) is 26.2 Å². The fourth-order valence-electron chi connectivity index (χ4n) is 2.67. The summed E-state index contributed by atoms with van der Waals surface area (Å²) in [4.78, 5) is 46.4. The maximum absolute atomic E-state index is 12.0. The molecule has 1 rings (SSSR count). The van der Waals surface area contributed by atoms with E-state index in [0.717, 1.165) is 5.56 Å². The van der Waals surface area contributed by atoms with E-state index in [1.165, 1.54) is 14.0 Å². The number of rotatable bonds is 11. The molecule has 1 aromatic rings. The first-order chi connectivity index (χ1) is 13.3. The fraction of sp³-hybridized carbons (Fsp3) is 0.474. The monoisotopic (exact) mass is 393 g/mol. The second-order valence-electron chi connectivity index (χ2n) is 6.36. The minimum Gasteiger partial charge on any atom is -0.480 e. The quantitative estimate of drug-likeness (QED) is 0.379. The molecule has 2 atom stereocenters. The number of nitrogens with one attached hydrogen (secondary N) is 2. The number of carboxylic acids is 1. The Hall–Kier alpha value is -2.94. The molecule has 0 saturated heterocycles. The number of aliphatic carboxylic acids is 1. The van der Waals surface area contributed by atoms with Gasteiger partial charge in [0.2, 0.25) is 11.8 Å². The number of carbonyl (C=O) groups is 4. The predicted octanol–water partition coefficient (Wildman–Crippen LogP) is -0.242. The molecule has 0 radical (unpaired) electrons. The lowest BCUT2D eigenvalue weighted by Crippen LogP contribution is -2.43. The van der Waals surface area contributed by atoms with Gasteiger partial charge in [-0.05, 0) is 24.1 Å². The number of benzene rings is 1. The molecule has 0 aliphatic heterocycles. The van der Waals surface area contributed by atoms with Crippen LogP contribution in [0.4, 0.5) is 0 Å². The third kappa shape index (κ3) is 8.17. The molecule has 2 amide bonds. The Morgan fingerprint density at radius 1 is 1.11 bits per heavy atom. The van der Waals surface area contributed by atoms with Gasteiger partial charge < -0.3 is 26.2 Å². The molecule has 0 saturated carbocycles. The number of hydrogen-bond acceptors (Lipinski definition) is 6. The average molecular weight is 393 g/mol. The molecule has 9 heteroatoms. The average Bonchev–Trinajstić information content (AvgIpc) is 2.64. The molecule has 0 aliphatic carbocycles. The Bertz CT molecular complexity index is 707. The van der Waals surface area contributed by atoms with E-state index in [2.05, 4.69) is 10.6 Å². The van der Waals surface area contributed by atoms with Crippen LogP contribution in [0.25, 0.3) is 0 Å². The van der Waals surface area contributed by atoms with Crippen LogP contribution in [-0.4, -0.2) is 54.6 Å². The van der Waals surface area contributed by atoms with Gasteiger partial charge in [0.1, 0.15) is 12.1 Å². The van der Waals surface area contributed by atoms with Crippen LogP contribution in [-0.2, 0) is 36.8 Å². The molecular formula is C19H27N3O6. The summed E-state index contributed by atoms with van der Waals surface area (Å²) >= 11 is 0. The Kier molecular flexibility index (Phi) is 9.66. The van der Waals surface area contributed by atoms with Gasteiger partial charge in [0.25, 0.3) is 0 Å². The highest BCUT2D eigenvalue weighted by atomic mass is 16.5. The van der Waals surface area contributed by atoms with Gasteiger partial charge in [-0.3, -0.25) is 9.59 Å². The number of methoxy groups -OCH3 is 1. The minimum absolute atomic E-state index is 0.0918. The van der Waals surface area contributed by atoms with Gasteiger partial charge in [-0.2, -0.15) is 0 Å². The zero-order valence-corrected chi connectivity index (χ0v) is 16.1. The van der Waals surface area contributed by atoms with Crippen LogP contribution in [0.3, 0.4) is 0 Å². The van der Waals surface area contributed by atoms with Crippen LogP contribution in [0.2, 0.25) is 0 Å². The molecule has 9 nitrogen and oxygen atoms in total. The normalized spacial score (nSPS) is 12.5. The largest absolute Gasteiger partial charge is 0.480 e. The number of carbonyl (C=O) groups excluding carboxylic acids is 3. The first-order valence-electron chi connectivity index (χ1n) is 8.91. The number of amides is 2. The summed E-state index contributed by atoms with van der Waals surface area (Å²) in [5, 5.41) is 14.3. The Balaban J connectivity index is 2.88. The van der Waals surface area contributed by atoms with Crippen molar-refractivity contribution in [1.29, 1.82) is 0 Å². The van der Waals surface area contributed by atoms with Crippen molar-refractivity contribution in [2.45, 2.75) is 44.7 Å². The van der Waals surface area contributed by atoms with E-state index in [0.29, 0.717) is 18.5 Å². The first-order valence-corrected chi connectivity index (χ1v) is 8.91. The van der Waals surface area contributed by atoms with E-state index in [-0.39, 0.29) is 25.2 Å². The Morgan fingerprint density at radius 2 is 1.71 bits per heavy atom. The topological polar surface area (TPSA) is 148 Å². The highest BCUT2D eigenvalue weighted by molar-refractivity contribution is 5.84. The van der Waals surface area contributed by atoms with Crippen molar-refractivity contribution in [3.63, 3.8) is 0 Å². The van der Waals surface area contributed by atoms with Gasteiger partial charge in [-0.1, -0.05) is 24.3 Å². The van der Waals surface area contributed by atoms with E-state index in [1.54, 1.807) is 24.3 Å².